The van der Waals surface area contributed by atoms with Crippen LogP contribution in [0.5, 0.6) is 5.75 Å². The Morgan fingerprint density at radius 2 is 1.92 bits per heavy atom. The van der Waals surface area contributed by atoms with Crippen molar-refractivity contribution in [1.29, 1.82) is 0 Å². The molecule has 1 aliphatic heterocycles. The van der Waals surface area contributed by atoms with Gasteiger partial charge in [-0.2, -0.15) is 0 Å². The van der Waals surface area contributed by atoms with Crippen molar-refractivity contribution in [2.24, 2.45) is 5.41 Å². The van der Waals surface area contributed by atoms with Gasteiger partial charge in [-0.05, 0) is 50.2 Å². The first-order valence-corrected chi connectivity index (χ1v) is 8.70. The number of hydrogen-bond acceptors (Lipinski definition) is 4. The largest absolute Gasteiger partial charge is 0.492 e. The molecule has 0 aliphatic carbocycles. The highest BCUT2D eigenvalue weighted by Crippen LogP contribution is 2.31. The highest BCUT2D eigenvalue weighted by atomic mass is 79.9. The first-order chi connectivity index (χ1) is 11.1. The second kappa shape index (κ2) is 10.2. The van der Waals surface area contributed by atoms with Crippen LogP contribution in [-0.4, -0.2) is 57.8 Å². The number of carbonyl (C=O) groups excluding carboxylic acids is 1. The predicted octanol–water partition coefficient (Wildman–Crippen LogP) is 2.72. The van der Waals surface area contributed by atoms with E-state index in [2.05, 4.69) is 21.2 Å². The van der Waals surface area contributed by atoms with Crippen LogP contribution in [0.2, 0.25) is 0 Å². The summed E-state index contributed by atoms with van der Waals surface area (Å²) in [5.74, 6) is 0.961. The lowest BCUT2D eigenvalue weighted by Crippen LogP contribution is -2.51. The molecule has 7 heteroatoms. The second-order valence-corrected chi connectivity index (χ2v) is 6.91. The van der Waals surface area contributed by atoms with E-state index in [9.17, 15) is 4.79 Å². The van der Waals surface area contributed by atoms with E-state index in [1.807, 2.05) is 31.3 Å². The Balaban J connectivity index is 0.00000288. The summed E-state index contributed by atoms with van der Waals surface area (Å²) < 4.78 is 12.1. The van der Waals surface area contributed by atoms with Gasteiger partial charge < -0.3 is 19.7 Å². The van der Waals surface area contributed by atoms with Gasteiger partial charge in [0.05, 0.1) is 18.6 Å². The zero-order valence-electron chi connectivity index (χ0n) is 14.2. The Hall–Kier alpha value is -0.820. The highest BCUT2D eigenvalue weighted by Gasteiger charge is 2.41. The third kappa shape index (κ3) is 5.62. The Kier molecular flexibility index (Phi) is 9.05. The summed E-state index contributed by atoms with van der Waals surface area (Å²) in [5.41, 5.74) is -0.396. The van der Waals surface area contributed by atoms with Crippen molar-refractivity contribution in [1.82, 2.24) is 10.2 Å². The van der Waals surface area contributed by atoms with Gasteiger partial charge in [0.1, 0.15) is 12.4 Å². The third-order valence-corrected chi connectivity index (χ3v) is 4.82. The molecule has 0 atom stereocenters. The molecule has 1 aromatic carbocycles. The highest BCUT2D eigenvalue weighted by molar-refractivity contribution is 9.10. The maximum atomic E-state index is 12.9. The molecule has 1 heterocycles. The number of piperidine rings is 1. The van der Waals surface area contributed by atoms with Gasteiger partial charge in [-0.25, -0.2) is 0 Å². The van der Waals surface area contributed by atoms with Crippen molar-refractivity contribution in [2.45, 2.75) is 12.8 Å². The summed E-state index contributed by atoms with van der Waals surface area (Å²) in [5, 5.41) is 3.31. The fourth-order valence-electron chi connectivity index (χ4n) is 2.94. The molecule has 0 spiro atoms. The molecule has 2 rings (SSSR count). The van der Waals surface area contributed by atoms with E-state index in [1.54, 1.807) is 12.0 Å². The van der Waals surface area contributed by atoms with Crippen LogP contribution in [0.4, 0.5) is 0 Å². The van der Waals surface area contributed by atoms with Crippen LogP contribution in [-0.2, 0) is 9.53 Å². The van der Waals surface area contributed by atoms with E-state index in [0.29, 0.717) is 19.8 Å². The maximum Gasteiger partial charge on any atom is 0.231 e. The molecule has 1 fully saturated rings. The van der Waals surface area contributed by atoms with Crippen LogP contribution in [0.1, 0.15) is 12.8 Å². The minimum absolute atomic E-state index is 0. The molecule has 0 aromatic heterocycles. The summed E-state index contributed by atoms with van der Waals surface area (Å²) in [7, 11) is 3.50. The summed E-state index contributed by atoms with van der Waals surface area (Å²) >= 11 is 3.40. The van der Waals surface area contributed by atoms with Gasteiger partial charge in [0.25, 0.3) is 0 Å². The van der Waals surface area contributed by atoms with Crippen molar-refractivity contribution < 1.29 is 14.3 Å². The molecule has 0 unspecified atom stereocenters. The minimum Gasteiger partial charge on any atom is -0.492 e. The SMILES string of the molecule is COCC1(C(=O)N(C)CCOc2ccc(Br)cc2)CCNCC1.Cl. The number of ether oxygens (including phenoxy) is 2. The van der Waals surface area contributed by atoms with Crippen molar-refractivity contribution in [3.8, 4) is 5.75 Å². The van der Waals surface area contributed by atoms with E-state index in [0.717, 1.165) is 36.2 Å². The summed E-state index contributed by atoms with van der Waals surface area (Å²) in [6.07, 6.45) is 1.63. The fourth-order valence-corrected chi connectivity index (χ4v) is 3.20. The fraction of sp³-hybridized carbons (Fsp3) is 0.588. The zero-order valence-corrected chi connectivity index (χ0v) is 16.6. The molecule has 1 saturated heterocycles. The van der Waals surface area contributed by atoms with Gasteiger partial charge in [0, 0.05) is 18.6 Å². The van der Waals surface area contributed by atoms with Gasteiger partial charge in [-0.15, -0.1) is 12.4 Å². The van der Waals surface area contributed by atoms with Crippen LogP contribution in [0, 0.1) is 5.41 Å². The zero-order chi connectivity index (χ0) is 16.7. The van der Waals surface area contributed by atoms with E-state index in [-0.39, 0.29) is 18.3 Å². The Bertz CT molecular complexity index is 502. The van der Waals surface area contributed by atoms with Crippen molar-refractivity contribution >= 4 is 34.2 Å². The molecule has 1 aromatic rings. The Labute approximate surface area is 158 Å². The number of halogens is 2. The van der Waals surface area contributed by atoms with E-state index >= 15 is 0 Å². The molecule has 1 amide bonds. The average molecular weight is 422 g/mol. The summed E-state index contributed by atoms with van der Waals surface area (Å²) in [4.78, 5) is 14.6. The Morgan fingerprint density at radius 1 is 1.29 bits per heavy atom. The van der Waals surface area contributed by atoms with Gasteiger partial charge >= 0.3 is 0 Å². The lowest BCUT2D eigenvalue weighted by molar-refractivity contribution is -0.146. The molecule has 5 nitrogen and oxygen atoms in total. The van der Waals surface area contributed by atoms with Crippen LogP contribution < -0.4 is 10.1 Å². The molecule has 1 aliphatic rings. The lowest BCUT2D eigenvalue weighted by atomic mass is 9.78. The van der Waals surface area contributed by atoms with Gasteiger partial charge in [-0.1, -0.05) is 15.9 Å². The van der Waals surface area contributed by atoms with Crippen molar-refractivity contribution in [3.05, 3.63) is 28.7 Å². The van der Waals surface area contributed by atoms with E-state index < -0.39 is 5.41 Å². The first kappa shape index (κ1) is 21.2. The summed E-state index contributed by atoms with van der Waals surface area (Å²) in [6.45, 7) is 3.24. The van der Waals surface area contributed by atoms with Crippen LogP contribution in [0.3, 0.4) is 0 Å². The topological polar surface area (TPSA) is 50.8 Å². The number of hydrogen-bond donors (Lipinski definition) is 1. The van der Waals surface area contributed by atoms with Crippen molar-refractivity contribution in [3.63, 3.8) is 0 Å². The standard InChI is InChI=1S/C17H25BrN2O3.ClH/c1-20(11-12-23-15-5-3-14(18)4-6-15)16(21)17(13-22-2)7-9-19-10-8-17;/h3-6,19H,7-13H2,1-2H3;1H. The van der Waals surface area contributed by atoms with Gasteiger partial charge in [-0.3, -0.25) is 4.79 Å². The molecule has 24 heavy (non-hydrogen) atoms. The predicted molar refractivity (Wildman–Crippen MR) is 101 cm³/mol. The van der Waals surface area contributed by atoms with Gasteiger partial charge in [0.15, 0.2) is 0 Å². The number of benzene rings is 1. The monoisotopic (exact) mass is 420 g/mol. The number of carbonyl (C=O) groups is 1. The molecular formula is C17H26BrClN2O3. The Morgan fingerprint density at radius 3 is 2.50 bits per heavy atom. The molecule has 1 N–H and O–H groups in total. The molecule has 0 saturated carbocycles. The molecule has 0 bridgehead atoms. The van der Waals surface area contributed by atoms with Crippen LogP contribution >= 0.6 is 28.3 Å². The van der Waals surface area contributed by atoms with Crippen molar-refractivity contribution in [2.75, 3.05) is 47.0 Å². The quantitative estimate of drug-likeness (QED) is 0.735. The molecular weight excluding hydrogens is 396 g/mol. The second-order valence-electron chi connectivity index (χ2n) is 5.99. The lowest BCUT2D eigenvalue weighted by Gasteiger charge is -2.38. The average Bonchev–Trinajstić information content (AvgIpc) is 2.57. The number of nitrogens with zero attached hydrogens (tertiary/aromatic N) is 1. The van der Waals surface area contributed by atoms with E-state index in [4.69, 9.17) is 9.47 Å². The minimum atomic E-state index is -0.396. The first-order valence-electron chi connectivity index (χ1n) is 7.91. The molecule has 0 radical (unpaired) electrons. The number of rotatable bonds is 7. The number of amides is 1. The van der Waals surface area contributed by atoms with E-state index in [1.165, 1.54) is 0 Å². The van der Waals surface area contributed by atoms with Gasteiger partial charge in [0.2, 0.25) is 5.91 Å². The van der Waals surface area contributed by atoms with Crippen LogP contribution in [0.15, 0.2) is 28.7 Å². The third-order valence-electron chi connectivity index (χ3n) is 4.29. The summed E-state index contributed by atoms with van der Waals surface area (Å²) in [6, 6.07) is 7.69. The van der Waals surface area contributed by atoms with Crippen LogP contribution in [0.25, 0.3) is 0 Å². The normalized spacial score (nSPS) is 16.1. The smallest absolute Gasteiger partial charge is 0.231 e. The number of likely N-dealkylation sites (N-methyl/N-ethyl adjacent to an activating group) is 1. The maximum absolute atomic E-state index is 12.9. The molecule has 136 valence electrons. The number of methoxy groups -OCH3 is 1. The number of nitrogens with one attached hydrogen (secondary N) is 1.